The lowest BCUT2D eigenvalue weighted by Crippen LogP contribution is -2.19. The molecule has 2 rings (SSSR count). The zero-order valence-electron chi connectivity index (χ0n) is 10.8. The normalized spacial score (nSPS) is 9.25. The average Bonchev–Trinajstić information content (AvgIpc) is 2.47. The van der Waals surface area contributed by atoms with Gasteiger partial charge in [-0.1, -0.05) is 30.0 Å². The molecule has 0 aliphatic heterocycles. The molecule has 0 aliphatic carbocycles. The van der Waals surface area contributed by atoms with Crippen LogP contribution in [0.2, 0.25) is 0 Å². The molecule has 2 aromatic rings. The smallest absolute Gasteiger partial charge is 0.323 e. The predicted molar refractivity (Wildman–Crippen MR) is 79.5 cm³/mol. The number of carbonyl (C=O) groups is 1. The van der Waals surface area contributed by atoms with Crippen molar-refractivity contribution < 1.29 is 9.90 Å². The lowest BCUT2D eigenvalue weighted by Gasteiger charge is -2.07. The van der Waals surface area contributed by atoms with Crippen molar-refractivity contribution in [1.29, 1.82) is 0 Å². The molecular weight excluding hydrogens is 252 g/mol. The highest BCUT2D eigenvalue weighted by molar-refractivity contribution is 5.99. The van der Waals surface area contributed by atoms with Gasteiger partial charge >= 0.3 is 6.03 Å². The molecule has 0 unspecified atom stereocenters. The van der Waals surface area contributed by atoms with Crippen molar-refractivity contribution in [2.24, 2.45) is 0 Å². The van der Waals surface area contributed by atoms with E-state index in [9.17, 15) is 4.79 Å². The van der Waals surface area contributed by atoms with Crippen molar-refractivity contribution in [3.8, 4) is 11.8 Å². The number of hydrogen-bond donors (Lipinski definition) is 3. The zero-order valence-corrected chi connectivity index (χ0v) is 10.8. The molecule has 0 bridgehead atoms. The van der Waals surface area contributed by atoms with Gasteiger partial charge in [-0.05, 0) is 36.4 Å². The van der Waals surface area contributed by atoms with E-state index in [0.717, 1.165) is 11.3 Å². The maximum absolute atomic E-state index is 11.8. The Balaban J connectivity index is 1.94. The van der Waals surface area contributed by atoms with Gasteiger partial charge in [-0.15, -0.1) is 0 Å². The number of rotatable bonds is 2. The number of urea groups is 1. The molecule has 0 radical (unpaired) electrons. The molecular formula is C16H14N2O2. The van der Waals surface area contributed by atoms with E-state index in [1.54, 1.807) is 24.3 Å². The van der Waals surface area contributed by atoms with Gasteiger partial charge in [0.25, 0.3) is 0 Å². The second-order valence-electron chi connectivity index (χ2n) is 3.98. The first-order valence-electron chi connectivity index (χ1n) is 6.11. The molecule has 0 fully saturated rings. The number of nitrogens with one attached hydrogen (secondary N) is 2. The Labute approximate surface area is 117 Å². The van der Waals surface area contributed by atoms with E-state index in [4.69, 9.17) is 5.11 Å². The van der Waals surface area contributed by atoms with E-state index in [-0.39, 0.29) is 12.6 Å². The van der Waals surface area contributed by atoms with E-state index in [1.165, 1.54) is 0 Å². The number of carbonyl (C=O) groups excluding carboxylic acids is 1. The average molecular weight is 266 g/mol. The van der Waals surface area contributed by atoms with Crippen LogP contribution in [-0.4, -0.2) is 17.7 Å². The molecule has 0 aliphatic rings. The third-order valence-corrected chi connectivity index (χ3v) is 2.49. The van der Waals surface area contributed by atoms with Crippen LogP contribution < -0.4 is 10.6 Å². The van der Waals surface area contributed by atoms with Crippen LogP contribution in [0.15, 0.2) is 54.6 Å². The summed E-state index contributed by atoms with van der Waals surface area (Å²) < 4.78 is 0. The number of aliphatic hydroxyl groups excluding tert-OH is 1. The minimum Gasteiger partial charge on any atom is -0.384 e. The summed E-state index contributed by atoms with van der Waals surface area (Å²) in [7, 11) is 0. The number of hydrogen-bond acceptors (Lipinski definition) is 2. The van der Waals surface area contributed by atoms with Crippen molar-refractivity contribution in [2.45, 2.75) is 0 Å². The van der Waals surface area contributed by atoms with Crippen LogP contribution in [-0.2, 0) is 0 Å². The fraction of sp³-hybridized carbons (Fsp3) is 0.0625. The number of para-hydroxylation sites is 1. The van der Waals surface area contributed by atoms with Crippen LogP contribution in [0.25, 0.3) is 0 Å². The highest BCUT2D eigenvalue weighted by Gasteiger charge is 2.01. The van der Waals surface area contributed by atoms with Crippen molar-refractivity contribution in [2.75, 3.05) is 17.2 Å². The molecule has 0 atom stereocenters. The summed E-state index contributed by atoms with van der Waals surface area (Å²) >= 11 is 0. The van der Waals surface area contributed by atoms with Gasteiger partial charge in [0, 0.05) is 16.9 Å². The Morgan fingerprint density at radius 1 is 0.950 bits per heavy atom. The highest BCUT2D eigenvalue weighted by atomic mass is 16.2. The molecule has 0 spiro atoms. The molecule has 2 aromatic carbocycles. The van der Waals surface area contributed by atoms with Gasteiger partial charge in [-0.2, -0.15) is 0 Å². The third kappa shape index (κ3) is 4.16. The van der Waals surface area contributed by atoms with Crippen molar-refractivity contribution >= 4 is 17.4 Å². The van der Waals surface area contributed by atoms with Crippen molar-refractivity contribution in [3.63, 3.8) is 0 Å². The van der Waals surface area contributed by atoms with Crippen LogP contribution in [0.1, 0.15) is 5.56 Å². The summed E-state index contributed by atoms with van der Waals surface area (Å²) in [6, 6.07) is 16.0. The summed E-state index contributed by atoms with van der Waals surface area (Å²) in [5, 5.41) is 14.1. The molecule has 100 valence electrons. The van der Waals surface area contributed by atoms with Gasteiger partial charge < -0.3 is 15.7 Å². The molecule has 4 heteroatoms. The minimum atomic E-state index is -0.301. The first kappa shape index (κ1) is 13.7. The second kappa shape index (κ2) is 6.98. The maximum atomic E-state index is 11.8. The Hall–Kier alpha value is -2.77. The SMILES string of the molecule is O=C(Nc1ccccc1)Nc1ccc(C#CCO)cc1. The maximum Gasteiger partial charge on any atom is 0.323 e. The molecule has 0 saturated carbocycles. The van der Waals surface area contributed by atoms with Crippen LogP contribution >= 0.6 is 0 Å². The first-order valence-corrected chi connectivity index (χ1v) is 6.11. The summed E-state index contributed by atoms with van der Waals surface area (Å²) in [4.78, 5) is 11.8. The zero-order chi connectivity index (χ0) is 14.2. The number of aliphatic hydroxyl groups is 1. The topological polar surface area (TPSA) is 61.4 Å². The Bertz CT molecular complexity index is 625. The summed E-state index contributed by atoms with van der Waals surface area (Å²) in [6.45, 7) is -0.167. The number of benzene rings is 2. The van der Waals surface area contributed by atoms with Gasteiger partial charge in [0.1, 0.15) is 6.61 Å². The molecule has 20 heavy (non-hydrogen) atoms. The third-order valence-electron chi connectivity index (χ3n) is 2.49. The minimum absolute atomic E-state index is 0.167. The quantitative estimate of drug-likeness (QED) is 0.732. The van der Waals surface area contributed by atoms with Gasteiger partial charge in [-0.25, -0.2) is 4.79 Å². The lowest BCUT2D eigenvalue weighted by molar-refractivity contribution is 0.262. The van der Waals surface area contributed by atoms with Crippen LogP contribution in [0.5, 0.6) is 0 Å². The second-order valence-corrected chi connectivity index (χ2v) is 3.98. The standard InChI is InChI=1S/C16H14N2O2/c19-12-4-5-13-8-10-15(11-9-13)18-16(20)17-14-6-2-1-3-7-14/h1-3,6-11,19H,12H2,(H2,17,18,20). The molecule has 3 N–H and O–H groups in total. The summed E-state index contributed by atoms with van der Waals surface area (Å²) in [6.07, 6.45) is 0. The molecule has 2 amide bonds. The number of amides is 2. The van der Waals surface area contributed by atoms with Crippen LogP contribution in [0.4, 0.5) is 16.2 Å². The summed E-state index contributed by atoms with van der Waals surface area (Å²) in [5.74, 6) is 5.35. The van der Waals surface area contributed by atoms with E-state index >= 15 is 0 Å². The first-order chi connectivity index (χ1) is 9.78. The Kier molecular flexibility index (Phi) is 4.76. The van der Waals surface area contributed by atoms with E-state index in [0.29, 0.717) is 5.69 Å². The molecule has 0 heterocycles. The fourth-order valence-electron chi connectivity index (χ4n) is 1.59. The van der Waals surface area contributed by atoms with Gasteiger partial charge in [0.2, 0.25) is 0 Å². The van der Waals surface area contributed by atoms with Gasteiger partial charge in [-0.3, -0.25) is 0 Å². The highest BCUT2D eigenvalue weighted by Crippen LogP contribution is 2.10. The largest absolute Gasteiger partial charge is 0.384 e. The van der Waals surface area contributed by atoms with E-state index in [1.807, 2.05) is 30.3 Å². The van der Waals surface area contributed by atoms with Crippen molar-refractivity contribution in [3.05, 3.63) is 60.2 Å². The van der Waals surface area contributed by atoms with Gasteiger partial charge in [0.05, 0.1) is 0 Å². The number of anilines is 2. The van der Waals surface area contributed by atoms with Crippen LogP contribution in [0, 0.1) is 11.8 Å². The summed E-state index contributed by atoms with van der Waals surface area (Å²) in [5.41, 5.74) is 2.19. The fourth-order valence-corrected chi connectivity index (χ4v) is 1.59. The monoisotopic (exact) mass is 266 g/mol. The lowest BCUT2D eigenvalue weighted by atomic mass is 10.2. The van der Waals surface area contributed by atoms with E-state index in [2.05, 4.69) is 22.5 Å². The van der Waals surface area contributed by atoms with E-state index < -0.39 is 0 Å². The van der Waals surface area contributed by atoms with Crippen LogP contribution in [0.3, 0.4) is 0 Å². The molecule has 0 aromatic heterocycles. The van der Waals surface area contributed by atoms with Crippen molar-refractivity contribution in [1.82, 2.24) is 0 Å². The molecule has 4 nitrogen and oxygen atoms in total. The predicted octanol–water partition coefficient (Wildman–Crippen LogP) is 2.67. The Morgan fingerprint density at radius 3 is 2.15 bits per heavy atom. The molecule has 0 saturated heterocycles. The van der Waals surface area contributed by atoms with Gasteiger partial charge in [0.15, 0.2) is 0 Å². The Morgan fingerprint density at radius 2 is 1.55 bits per heavy atom.